The van der Waals surface area contributed by atoms with Gasteiger partial charge >= 0.3 is 29.7 Å². The van der Waals surface area contributed by atoms with Crippen LogP contribution in [-0.4, -0.2) is 50.6 Å². The Balaban J connectivity index is 2.49. The van der Waals surface area contributed by atoms with E-state index in [0.717, 1.165) is 0 Å². The Morgan fingerprint density at radius 3 is 2.14 bits per heavy atom. The molecule has 0 aromatic rings. The number of cyclic esters (lactones) is 1. The van der Waals surface area contributed by atoms with Crippen molar-refractivity contribution in [3.63, 3.8) is 0 Å². The van der Waals surface area contributed by atoms with Crippen molar-refractivity contribution in [3.05, 3.63) is 0 Å². The molecule has 2 bridgehead atoms. The van der Waals surface area contributed by atoms with Gasteiger partial charge in [0.2, 0.25) is 0 Å². The number of carbonyl (C=O) groups excluding carboxylic acids is 3. The third kappa shape index (κ3) is 2.59. The van der Waals surface area contributed by atoms with Gasteiger partial charge in [0, 0.05) is 6.42 Å². The van der Waals surface area contributed by atoms with Crippen molar-refractivity contribution < 1.29 is 43.9 Å². The lowest BCUT2D eigenvalue weighted by Crippen LogP contribution is -2.63. The number of esters is 3. The van der Waals surface area contributed by atoms with E-state index in [-0.39, 0.29) is 12.8 Å². The van der Waals surface area contributed by atoms with Gasteiger partial charge in [0.1, 0.15) is 0 Å². The second-order valence-corrected chi connectivity index (χ2v) is 5.19. The summed E-state index contributed by atoms with van der Waals surface area (Å²) in [5.74, 6) is -9.75. The van der Waals surface area contributed by atoms with Gasteiger partial charge in [-0.05, 0) is 6.42 Å². The van der Waals surface area contributed by atoms with Crippen LogP contribution in [0.25, 0.3) is 0 Å². The summed E-state index contributed by atoms with van der Waals surface area (Å²) >= 11 is 0. The predicted molar refractivity (Wildman–Crippen MR) is 61.9 cm³/mol. The molecule has 0 amide bonds. The Hall–Kier alpha value is -1.71. The molecule has 118 valence electrons. The number of rotatable bonds is 3. The molecule has 0 aliphatic carbocycles. The van der Waals surface area contributed by atoms with Crippen LogP contribution in [0.15, 0.2) is 0 Å². The van der Waals surface area contributed by atoms with E-state index >= 15 is 0 Å². The van der Waals surface area contributed by atoms with E-state index in [1.807, 2.05) is 0 Å². The molecule has 2 heterocycles. The van der Waals surface area contributed by atoms with E-state index in [1.54, 1.807) is 6.92 Å². The zero-order valence-corrected chi connectivity index (χ0v) is 11.3. The summed E-state index contributed by atoms with van der Waals surface area (Å²) in [6.07, 6.45) is -1.28. The highest BCUT2D eigenvalue weighted by molar-refractivity contribution is 5.92. The van der Waals surface area contributed by atoms with Crippen molar-refractivity contribution in [1.29, 1.82) is 0 Å². The van der Waals surface area contributed by atoms with Gasteiger partial charge in [-0.25, -0.2) is 4.79 Å². The summed E-state index contributed by atoms with van der Waals surface area (Å²) in [5, 5.41) is 30.5. The monoisotopic (exact) mass is 304 g/mol. The zero-order chi connectivity index (χ0) is 15.9. The number of aliphatic hydroxyl groups is 3. The van der Waals surface area contributed by atoms with E-state index in [0.29, 0.717) is 6.42 Å². The highest BCUT2D eigenvalue weighted by Crippen LogP contribution is 2.40. The Morgan fingerprint density at radius 2 is 1.57 bits per heavy atom. The molecule has 0 spiro atoms. The lowest BCUT2D eigenvalue weighted by molar-refractivity contribution is -0.445. The molecule has 3 N–H and O–H groups in total. The third-order valence-corrected chi connectivity index (χ3v) is 3.38. The molecule has 2 aliphatic heterocycles. The maximum atomic E-state index is 11.8. The van der Waals surface area contributed by atoms with E-state index in [2.05, 4.69) is 9.47 Å². The van der Waals surface area contributed by atoms with E-state index in [4.69, 9.17) is 4.74 Å². The van der Waals surface area contributed by atoms with Crippen LogP contribution in [-0.2, 0) is 28.6 Å². The molecule has 21 heavy (non-hydrogen) atoms. The maximum absolute atomic E-state index is 11.8. The summed E-state index contributed by atoms with van der Waals surface area (Å²) in [4.78, 5) is 35.2. The van der Waals surface area contributed by atoms with Gasteiger partial charge in [0.05, 0.1) is 12.8 Å². The number of ether oxygens (including phenoxy) is 3. The standard InChI is InChI=1S/C12H16O9/c1-2-3-4-11(17)12(18)20-8(14)6-10(16,9(15)21-12)5-7(13)19-11/h16-18H,2-6H2,1H3. The number of unbranched alkanes of at least 4 members (excludes halogenated alkanes) is 1. The van der Waals surface area contributed by atoms with Crippen LogP contribution >= 0.6 is 0 Å². The molecule has 0 saturated carbocycles. The fraction of sp³-hybridized carbons (Fsp3) is 0.750. The summed E-state index contributed by atoms with van der Waals surface area (Å²) < 4.78 is 13.8. The van der Waals surface area contributed by atoms with Gasteiger partial charge in [-0.15, -0.1) is 0 Å². The first-order valence-corrected chi connectivity index (χ1v) is 6.48. The summed E-state index contributed by atoms with van der Waals surface area (Å²) in [6, 6.07) is 0. The van der Waals surface area contributed by atoms with Crippen molar-refractivity contribution in [2.75, 3.05) is 0 Å². The van der Waals surface area contributed by atoms with Gasteiger partial charge in [-0.2, -0.15) is 0 Å². The number of carbonyl (C=O) groups is 3. The highest BCUT2D eigenvalue weighted by Gasteiger charge is 2.66. The fourth-order valence-corrected chi connectivity index (χ4v) is 2.19. The Kier molecular flexibility index (Phi) is 3.68. The first-order valence-electron chi connectivity index (χ1n) is 6.48. The molecule has 0 aromatic heterocycles. The minimum atomic E-state index is -3.20. The molecule has 2 rings (SSSR count). The van der Waals surface area contributed by atoms with Crippen molar-refractivity contribution in [2.45, 2.75) is 56.4 Å². The van der Waals surface area contributed by atoms with Crippen LogP contribution in [0.4, 0.5) is 0 Å². The average Bonchev–Trinajstić information content (AvgIpc) is 2.40. The lowest BCUT2D eigenvalue weighted by Gasteiger charge is -2.40. The van der Waals surface area contributed by atoms with Crippen LogP contribution in [0.3, 0.4) is 0 Å². The number of fused-ring (bicyclic) bond motifs is 3. The first kappa shape index (κ1) is 15.7. The topological polar surface area (TPSA) is 140 Å². The quantitative estimate of drug-likeness (QED) is 0.541. The minimum absolute atomic E-state index is 0.283. The molecular weight excluding hydrogens is 288 g/mol. The molecule has 9 nitrogen and oxygen atoms in total. The normalized spacial score (nSPS) is 39.7. The molecule has 2 aliphatic rings. The molecule has 0 radical (unpaired) electrons. The first-order chi connectivity index (χ1) is 9.64. The van der Waals surface area contributed by atoms with Crippen LogP contribution < -0.4 is 0 Å². The Morgan fingerprint density at radius 1 is 1.00 bits per heavy atom. The Bertz CT molecular complexity index is 489. The van der Waals surface area contributed by atoms with Crippen LogP contribution in [0.5, 0.6) is 0 Å². The molecule has 3 atom stereocenters. The lowest BCUT2D eigenvalue weighted by atomic mass is 9.95. The van der Waals surface area contributed by atoms with Crippen LogP contribution in [0.1, 0.15) is 39.0 Å². The van der Waals surface area contributed by atoms with Crippen molar-refractivity contribution in [1.82, 2.24) is 0 Å². The Labute approximate surface area is 119 Å². The van der Waals surface area contributed by atoms with Crippen molar-refractivity contribution >= 4 is 17.9 Å². The largest absolute Gasteiger partial charge is 0.443 e. The fourth-order valence-electron chi connectivity index (χ4n) is 2.19. The van der Waals surface area contributed by atoms with Crippen LogP contribution in [0, 0.1) is 0 Å². The van der Waals surface area contributed by atoms with E-state index in [1.165, 1.54) is 0 Å². The molecule has 9 heteroatoms. The average molecular weight is 304 g/mol. The summed E-state index contributed by atoms with van der Waals surface area (Å²) in [6.45, 7) is 1.77. The molecule has 0 aromatic carbocycles. The van der Waals surface area contributed by atoms with Gasteiger partial charge in [-0.1, -0.05) is 13.3 Å². The SMILES string of the molecule is CCCCC1(O)OC(=O)CC2(O)CC(=O)OC1(O)OC2=O. The van der Waals surface area contributed by atoms with Gasteiger partial charge in [0.15, 0.2) is 5.60 Å². The van der Waals surface area contributed by atoms with Gasteiger partial charge in [-0.3, -0.25) is 9.59 Å². The van der Waals surface area contributed by atoms with Gasteiger partial charge < -0.3 is 29.5 Å². The second kappa shape index (κ2) is 4.93. The third-order valence-electron chi connectivity index (χ3n) is 3.38. The maximum Gasteiger partial charge on any atom is 0.443 e. The van der Waals surface area contributed by atoms with E-state index in [9.17, 15) is 29.7 Å². The molecule has 2 saturated heterocycles. The zero-order valence-electron chi connectivity index (χ0n) is 11.3. The van der Waals surface area contributed by atoms with Crippen molar-refractivity contribution in [3.8, 4) is 0 Å². The number of hydrogen-bond donors (Lipinski definition) is 3. The van der Waals surface area contributed by atoms with Crippen molar-refractivity contribution in [2.24, 2.45) is 0 Å². The smallest absolute Gasteiger partial charge is 0.422 e. The highest BCUT2D eigenvalue weighted by atomic mass is 16.9. The van der Waals surface area contributed by atoms with E-state index < -0.39 is 48.1 Å². The molecule has 2 fully saturated rings. The summed E-state index contributed by atoms with van der Waals surface area (Å²) in [7, 11) is 0. The van der Waals surface area contributed by atoms with Crippen LogP contribution in [0.2, 0.25) is 0 Å². The molecular formula is C12H16O9. The minimum Gasteiger partial charge on any atom is -0.422 e. The molecule has 3 unspecified atom stereocenters. The number of hydrogen-bond acceptors (Lipinski definition) is 9. The van der Waals surface area contributed by atoms with Gasteiger partial charge in [0.25, 0.3) is 0 Å². The predicted octanol–water partition coefficient (Wildman–Crippen LogP) is -1.32. The summed E-state index contributed by atoms with van der Waals surface area (Å²) in [5.41, 5.74) is -2.50. The second-order valence-electron chi connectivity index (χ2n) is 5.19.